The number of allylic oxidation sites excluding steroid dienone is 1. The number of rotatable bonds is 6. The van der Waals surface area contributed by atoms with Gasteiger partial charge < -0.3 is 9.84 Å². The zero-order chi connectivity index (χ0) is 13.5. The average molecular weight is 264 g/mol. The number of benzene rings is 1. The summed E-state index contributed by atoms with van der Waals surface area (Å²) in [7, 11) is 1.59. The highest BCUT2D eigenvalue weighted by atomic mass is 32.2. The van der Waals surface area contributed by atoms with Crippen LogP contribution in [0.3, 0.4) is 0 Å². The van der Waals surface area contributed by atoms with Gasteiger partial charge in [-0.2, -0.15) is 0 Å². The lowest BCUT2D eigenvalue weighted by Crippen LogP contribution is -1.96. The molecule has 0 aliphatic carbocycles. The molecule has 18 heavy (non-hydrogen) atoms. The molecule has 0 bridgehead atoms. The molecule has 0 radical (unpaired) electrons. The van der Waals surface area contributed by atoms with Gasteiger partial charge in [-0.3, -0.25) is 4.79 Å². The summed E-state index contributed by atoms with van der Waals surface area (Å²) in [6, 6.07) is 7.28. The molecular weight excluding hydrogens is 248 g/mol. The zero-order valence-electron chi connectivity index (χ0n) is 10.5. The summed E-state index contributed by atoms with van der Waals surface area (Å²) in [4.78, 5) is 11.7. The molecule has 3 nitrogen and oxygen atoms in total. The molecule has 0 aromatic heterocycles. The van der Waals surface area contributed by atoms with E-state index in [1.165, 1.54) is 18.7 Å². The summed E-state index contributed by atoms with van der Waals surface area (Å²) in [6.07, 6.45) is 0.0300. The van der Waals surface area contributed by atoms with E-state index in [1.807, 2.05) is 12.1 Å². The van der Waals surface area contributed by atoms with Gasteiger partial charge in [-0.05, 0) is 30.0 Å². The van der Waals surface area contributed by atoms with Gasteiger partial charge in [0.15, 0.2) is 0 Å². The molecule has 0 heterocycles. The fourth-order valence-corrected chi connectivity index (χ4v) is 2.09. The van der Waals surface area contributed by atoms with Gasteiger partial charge in [0, 0.05) is 0 Å². The number of aliphatic hydroxyl groups is 1. The minimum Gasteiger partial charge on any atom is -0.511 e. The molecule has 0 aliphatic heterocycles. The lowest BCUT2D eigenvalue weighted by atomic mass is 10.1. The third-order valence-electron chi connectivity index (χ3n) is 2.23. The Labute approximate surface area is 111 Å². The predicted octanol–water partition coefficient (Wildman–Crippen LogP) is 3.78. The number of ketones is 1. The second-order valence-corrected chi connectivity index (χ2v) is 4.64. The van der Waals surface area contributed by atoms with Crippen LogP contribution in [-0.4, -0.2) is 18.0 Å². The van der Waals surface area contributed by atoms with Gasteiger partial charge in [0.25, 0.3) is 0 Å². The SMILES string of the molecule is C=CS/C(=C(/O)CC(C)=O)c1ccc(OC)cc1. The van der Waals surface area contributed by atoms with Crippen LogP contribution < -0.4 is 4.74 Å². The third-order valence-corrected chi connectivity index (χ3v) is 3.11. The molecular formula is C14H16O3S. The number of methoxy groups -OCH3 is 1. The minimum absolute atomic E-state index is 0.0300. The lowest BCUT2D eigenvalue weighted by Gasteiger charge is -2.09. The quantitative estimate of drug-likeness (QED) is 0.794. The fourth-order valence-electron chi connectivity index (χ4n) is 1.44. The Balaban J connectivity index is 3.09. The second kappa shape index (κ2) is 6.91. The molecule has 4 heteroatoms. The van der Waals surface area contributed by atoms with Crippen LogP contribution in [0.1, 0.15) is 18.9 Å². The highest BCUT2D eigenvalue weighted by Crippen LogP contribution is 2.32. The summed E-state index contributed by atoms with van der Waals surface area (Å²) in [6.45, 7) is 5.07. The molecule has 0 unspecified atom stereocenters. The Morgan fingerprint density at radius 3 is 2.50 bits per heavy atom. The number of carbonyl (C=O) groups excluding carboxylic acids is 1. The maximum Gasteiger partial charge on any atom is 0.137 e. The van der Waals surface area contributed by atoms with Crippen molar-refractivity contribution in [3.63, 3.8) is 0 Å². The summed E-state index contributed by atoms with van der Waals surface area (Å²) < 4.78 is 5.07. The number of Topliss-reactive ketones (excluding diaryl/α,β-unsaturated/α-hetero) is 1. The van der Waals surface area contributed by atoms with E-state index in [4.69, 9.17) is 4.74 Å². The van der Waals surface area contributed by atoms with Crippen molar-refractivity contribution in [2.75, 3.05) is 7.11 Å². The maximum atomic E-state index is 11.0. The zero-order valence-corrected chi connectivity index (χ0v) is 11.3. The number of hydrogen-bond acceptors (Lipinski definition) is 4. The Morgan fingerprint density at radius 2 is 2.06 bits per heavy atom. The molecule has 0 aliphatic rings. The van der Waals surface area contributed by atoms with Crippen LogP contribution in [0.15, 0.2) is 42.0 Å². The maximum absolute atomic E-state index is 11.0. The largest absolute Gasteiger partial charge is 0.511 e. The van der Waals surface area contributed by atoms with Gasteiger partial charge in [-0.1, -0.05) is 30.5 Å². The van der Waals surface area contributed by atoms with E-state index < -0.39 is 0 Å². The molecule has 0 saturated heterocycles. The van der Waals surface area contributed by atoms with Crippen LogP contribution in [0.4, 0.5) is 0 Å². The van der Waals surface area contributed by atoms with Crippen LogP contribution in [0.5, 0.6) is 5.75 Å². The first-order valence-corrected chi connectivity index (χ1v) is 6.30. The topological polar surface area (TPSA) is 46.5 Å². The number of aliphatic hydroxyl groups excluding tert-OH is 1. The number of ether oxygens (including phenoxy) is 1. The van der Waals surface area contributed by atoms with Crippen LogP contribution in [-0.2, 0) is 4.79 Å². The Kier molecular flexibility index (Phi) is 5.52. The van der Waals surface area contributed by atoms with E-state index in [0.29, 0.717) is 4.91 Å². The van der Waals surface area contributed by atoms with Gasteiger partial charge in [-0.15, -0.1) is 0 Å². The van der Waals surface area contributed by atoms with Crippen LogP contribution in [0.2, 0.25) is 0 Å². The molecule has 0 saturated carbocycles. The number of carbonyl (C=O) groups is 1. The second-order valence-electron chi connectivity index (χ2n) is 3.67. The Morgan fingerprint density at radius 1 is 1.44 bits per heavy atom. The van der Waals surface area contributed by atoms with Crippen LogP contribution in [0, 0.1) is 0 Å². The first-order valence-electron chi connectivity index (χ1n) is 5.42. The number of thioether (sulfide) groups is 1. The van der Waals surface area contributed by atoms with Crippen molar-refractivity contribution in [1.82, 2.24) is 0 Å². The summed E-state index contributed by atoms with van der Waals surface area (Å²) >= 11 is 1.29. The highest BCUT2D eigenvalue weighted by molar-refractivity contribution is 8.10. The van der Waals surface area contributed by atoms with Gasteiger partial charge in [-0.25, -0.2) is 0 Å². The van der Waals surface area contributed by atoms with E-state index in [0.717, 1.165) is 11.3 Å². The molecule has 1 N–H and O–H groups in total. The van der Waals surface area contributed by atoms with E-state index in [2.05, 4.69) is 6.58 Å². The minimum atomic E-state index is -0.0804. The molecule has 96 valence electrons. The molecule has 1 aromatic rings. The van der Waals surface area contributed by atoms with Crippen molar-refractivity contribution in [2.24, 2.45) is 0 Å². The summed E-state index contributed by atoms with van der Waals surface area (Å²) in [5.41, 5.74) is 0.833. The molecule has 1 aromatic carbocycles. The van der Waals surface area contributed by atoms with Crippen LogP contribution in [0.25, 0.3) is 4.91 Å². The van der Waals surface area contributed by atoms with Crippen molar-refractivity contribution in [3.8, 4) is 5.75 Å². The first kappa shape index (κ1) is 14.4. The highest BCUT2D eigenvalue weighted by Gasteiger charge is 2.10. The van der Waals surface area contributed by atoms with Crippen molar-refractivity contribution in [2.45, 2.75) is 13.3 Å². The average Bonchev–Trinajstić information content (AvgIpc) is 2.35. The fraction of sp³-hybridized carbons (Fsp3) is 0.214. The first-order chi connectivity index (χ1) is 8.58. The number of hydrogen-bond donors (Lipinski definition) is 1. The molecule has 0 atom stereocenters. The van der Waals surface area contributed by atoms with E-state index in [1.54, 1.807) is 24.7 Å². The molecule has 0 spiro atoms. The van der Waals surface area contributed by atoms with Crippen LogP contribution >= 0.6 is 11.8 Å². The summed E-state index contributed by atoms with van der Waals surface area (Å²) in [5, 5.41) is 11.6. The van der Waals surface area contributed by atoms with Gasteiger partial charge in [0.2, 0.25) is 0 Å². The molecule has 1 rings (SSSR count). The third kappa shape index (κ3) is 3.96. The summed E-state index contributed by atoms with van der Waals surface area (Å²) in [5.74, 6) is 0.730. The van der Waals surface area contributed by atoms with E-state index in [9.17, 15) is 9.90 Å². The normalized spacial score (nSPS) is 11.7. The van der Waals surface area contributed by atoms with Crippen molar-refractivity contribution in [3.05, 3.63) is 47.6 Å². The predicted molar refractivity (Wildman–Crippen MR) is 75.6 cm³/mol. The molecule has 0 fully saturated rings. The Hall–Kier alpha value is -1.68. The van der Waals surface area contributed by atoms with Gasteiger partial charge in [0.05, 0.1) is 18.4 Å². The Bertz CT molecular complexity index is 460. The lowest BCUT2D eigenvalue weighted by molar-refractivity contribution is -0.116. The smallest absolute Gasteiger partial charge is 0.137 e. The van der Waals surface area contributed by atoms with Crippen molar-refractivity contribution < 1.29 is 14.6 Å². The molecule has 0 amide bonds. The standard InChI is InChI=1S/C14H16O3S/c1-4-18-14(13(16)9-10(2)15)11-5-7-12(17-3)8-6-11/h4-8,16H,1,9H2,2-3H3/b14-13+. The van der Waals surface area contributed by atoms with Crippen molar-refractivity contribution >= 4 is 22.5 Å². The monoisotopic (exact) mass is 264 g/mol. The van der Waals surface area contributed by atoms with Gasteiger partial charge in [0.1, 0.15) is 17.3 Å². The van der Waals surface area contributed by atoms with Gasteiger partial charge >= 0.3 is 0 Å². The van der Waals surface area contributed by atoms with E-state index >= 15 is 0 Å². The van der Waals surface area contributed by atoms with Crippen molar-refractivity contribution in [1.29, 1.82) is 0 Å². The van der Waals surface area contributed by atoms with E-state index in [-0.39, 0.29) is 18.0 Å².